The molecule has 1 aliphatic rings. The van der Waals surface area contributed by atoms with Gasteiger partial charge in [0.25, 0.3) is 0 Å². The standard InChI is InChI=1S/C19H20ClNO6S/c1-26-17-3-2-14(20)8-18(17)28(24,25)11-13-6-15-16(23)7-12(4-5-22)10-27-19(15)21-9-13/h2-3,6,8-9,12,22H,4-5,7,10-11H2,1H3/t12-/m1/s1. The number of Topliss-reactive ketones (excluding diaryl/α,β-unsaturated/α-hetero) is 1. The van der Waals surface area contributed by atoms with Crippen molar-refractivity contribution in [2.45, 2.75) is 23.5 Å². The van der Waals surface area contributed by atoms with Gasteiger partial charge in [-0.3, -0.25) is 4.79 Å². The van der Waals surface area contributed by atoms with E-state index in [1.54, 1.807) is 6.07 Å². The summed E-state index contributed by atoms with van der Waals surface area (Å²) in [6, 6.07) is 5.87. The molecule has 9 heteroatoms. The number of hydrogen-bond donors (Lipinski definition) is 1. The lowest BCUT2D eigenvalue weighted by Crippen LogP contribution is -2.13. The van der Waals surface area contributed by atoms with E-state index >= 15 is 0 Å². The normalized spacial score (nSPS) is 16.8. The number of halogens is 1. The number of fused-ring (bicyclic) bond motifs is 1. The predicted molar refractivity (Wildman–Crippen MR) is 103 cm³/mol. The maximum Gasteiger partial charge on any atom is 0.224 e. The molecule has 0 saturated carbocycles. The summed E-state index contributed by atoms with van der Waals surface area (Å²) in [6.45, 7) is 0.250. The Bertz CT molecular complexity index is 992. The van der Waals surface area contributed by atoms with Crippen molar-refractivity contribution in [2.75, 3.05) is 20.3 Å². The highest BCUT2D eigenvalue weighted by Crippen LogP contribution is 2.31. The van der Waals surface area contributed by atoms with Crippen LogP contribution in [0.25, 0.3) is 0 Å². The summed E-state index contributed by atoms with van der Waals surface area (Å²) in [7, 11) is -2.41. The molecule has 0 aliphatic carbocycles. The van der Waals surface area contributed by atoms with Crippen LogP contribution in [0.15, 0.2) is 35.4 Å². The van der Waals surface area contributed by atoms with Gasteiger partial charge < -0.3 is 14.6 Å². The summed E-state index contributed by atoms with van der Waals surface area (Å²) in [4.78, 5) is 16.6. The van der Waals surface area contributed by atoms with Crippen LogP contribution in [0.1, 0.15) is 28.8 Å². The van der Waals surface area contributed by atoms with Gasteiger partial charge in [-0.15, -0.1) is 0 Å². The number of hydrogen-bond acceptors (Lipinski definition) is 7. The largest absolute Gasteiger partial charge is 0.495 e. The number of ether oxygens (including phenoxy) is 2. The summed E-state index contributed by atoms with van der Waals surface area (Å²) in [5.74, 6) is -0.268. The maximum absolute atomic E-state index is 12.9. The van der Waals surface area contributed by atoms with Crippen LogP contribution in [0, 0.1) is 5.92 Å². The summed E-state index contributed by atoms with van der Waals surface area (Å²) in [6.07, 6.45) is 2.05. The second-order valence-corrected chi connectivity index (χ2v) is 8.96. The topological polar surface area (TPSA) is 103 Å². The van der Waals surface area contributed by atoms with Crippen molar-refractivity contribution in [3.8, 4) is 11.6 Å². The zero-order valence-corrected chi connectivity index (χ0v) is 16.8. The van der Waals surface area contributed by atoms with Gasteiger partial charge in [0.15, 0.2) is 15.6 Å². The van der Waals surface area contributed by atoms with Crippen molar-refractivity contribution in [1.29, 1.82) is 0 Å². The number of nitrogens with zero attached hydrogens (tertiary/aromatic N) is 1. The number of aliphatic hydroxyl groups is 1. The highest BCUT2D eigenvalue weighted by Gasteiger charge is 2.26. The van der Waals surface area contributed by atoms with Gasteiger partial charge in [0.2, 0.25) is 5.88 Å². The predicted octanol–water partition coefficient (Wildman–Crippen LogP) is 2.68. The molecule has 0 amide bonds. The van der Waals surface area contributed by atoms with E-state index in [4.69, 9.17) is 26.2 Å². The van der Waals surface area contributed by atoms with E-state index in [9.17, 15) is 13.2 Å². The number of aliphatic hydroxyl groups excluding tert-OH is 1. The van der Waals surface area contributed by atoms with Crippen molar-refractivity contribution >= 4 is 27.2 Å². The zero-order valence-electron chi connectivity index (χ0n) is 15.2. The molecule has 0 bridgehead atoms. The molecule has 3 rings (SSSR count). The Labute approximate surface area is 168 Å². The summed E-state index contributed by atoms with van der Waals surface area (Å²) >= 11 is 5.94. The Kier molecular flexibility index (Phi) is 6.22. The van der Waals surface area contributed by atoms with Crippen LogP contribution in [0.4, 0.5) is 0 Å². The molecule has 0 radical (unpaired) electrons. The Morgan fingerprint density at radius 3 is 2.86 bits per heavy atom. The van der Waals surface area contributed by atoms with Gasteiger partial charge in [0, 0.05) is 30.2 Å². The van der Waals surface area contributed by atoms with Gasteiger partial charge in [-0.2, -0.15) is 0 Å². The quantitative estimate of drug-likeness (QED) is 0.758. The molecule has 2 aromatic rings. The lowest BCUT2D eigenvalue weighted by molar-refractivity contribution is 0.0951. The van der Waals surface area contributed by atoms with Crippen LogP contribution in [-0.2, 0) is 15.6 Å². The molecule has 1 N–H and O–H groups in total. The molecule has 150 valence electrons. The minimum Gasteiger partial charge on any atom is -0.495 e. The van der Waals surface area contributed by atoms with Crippen molar-refractivity contribution in [3.05, 3.63) is 46.6 Å². The molecule has 2 heterocycles. The highest BCUT2D eigenvalue weighted by atomic mass is 35.5. The van der Waals surface area contributed by atoms with Crippen molar-refractivity contribution < 1.29 is 27.8 Å². The third-order valence-electron chi connectivity index (χ3n) is 4.49. The van der Waals surface area contributed by atoms with Crippen LogP contribution in [0.5, 0.6) is 11.6 Å². The van der Waals surface area contributed by atoms with Crippen molar-refractivity contribution in [1.82, 2.24) is 4.98 Å². The van der Waals surface area contributed by atoms with Gasteiger partial charge >= 0.3 is 0 Å². The first-order valence-corrected chi connectivity index (χ1v) is 10.7. The van der Waals surface area contributed by atoms with E-state index in [1.165, 1.54) is 31.5 Å². The molecule has 1 aromatic heterocycles. The lowest BCUT2D eigenvalue weighted by atomic mass is 9.97. The highest BCUT2D eigenvalue weighted by molar-refractivity contribution is 7.90. The molecule has 1 aromatic carbocycles. The van der Waals surface area contributed by atoms with E-state index < -0.39 is 9.84 Å². The average Bonchev–Trinajstić information content (AvgIpc) is 2.81. The number of pyridine rings is 1. The van der Waals surface area contributed by atoms with Gasteiger partial charge in [0.1, 0.15) is 10.6 Å². The Hall–Kier alpha value is -2.16. The van der Waals surface area contributed by atoms with Gasteiger partial charge in [-0.25, -0.2) is 13.4 Å². The molecule has 0 unspecified atom stereocenters. The van der Waals surface area contributed by atoms with Crippen LogP contribution in [0.3, 0.4) is 0 Å². The first kappa shape index (κ1) is 20.6. The number of benzene rings is 1. The molecule has 28 heavy (non-hydrogen) atoms. The Morgan fingerprint density at radius 1 is 1.36 bits per heavy atom. The van der Waals surface area contributed by atoms with Crippen LogP contribution in [-0.4, -0.2) is 44.6 Å². The molecular formula is C19H20ClNO6S. The number of sulfone groups is 1. The number of methoxy groups -OCH3 is 1. The van der Waals surface area contributed by atoms with Crippen LogP contribution < -0.4 is 9.47 Å². The number of ketones is 1. The molecular weight excluding hydrogens is 406 g/mol. The first-order chi connectivity index (χ1) is 13.3. The molecule has 0 spiro atoms. The molecule has 0 saturated heterocycles. The fourth-order valence-corrected chi connectivity index (χ4v) is 4.83. The molecule has 1 aliphatic heterocycles. The van der Waals surface area contributed by atoms with Crippen molar-refractivity contribution in [3.63, 3.8) is 0 Å². The van der Waals surface area contributed by atoms with Crippen molar-refractivity contribution in [2.24, 2.45) is 5.92 Å². The number of rotatable bonds is 6. The van der Waals surface area contributed by atoms with Gasteiger partial charge in [-0.1, -0.05) is 11.6 Å². The summed E-state index contributed by atoms with van der Waals surface area (Å²) in [5.41, 5.74) is 0.615. The third-order valence-corrected chi connectivity index (χ3v) is 6.43. The third kappa shape index (κ3) is 4.45. The lowest BCUT2D eigenvalue weighted by Gasteiger charge is -2.11. The van der Waals surface area contributed by atoms with E-state index in [-0.39, 0.29) is 64.2 Å². The number of aromatic nitrogens is 1. The summed E-state index contributed by atoms with van der Waals surface area (Å²) in [5, 5.41) is 9.36. The van der Waals surface area contributed by atoms with E-state index in [0.29, 0.717) is 12.0 Å². The van der Waals surface area contributed by atoms with E-state index in [1.807, 2.05) is 0 Å². The van der Waals surface area contributed by atoms with Crippen LogP contribution in [0.2, 0.25) is 5.02 Å². The van der Waals surface area contributed by atoms with Gasteiger partial charge in [0.05, 0.1) is 25.0 Å². The fourth-order valence-electron chi connectivity index (χ4n) is 3.08. The Balaban J connectivity index is 1.90. The minimum absolute atomic E-state index is 0.0250. The van der Waals surface area contributed by atoms with Crippen LogP contribution >= 0.6 is 11.6 Å². The van der Waals surface area contributed by atoms with Gasteiger partial charge in [-0.05, 0) is 36.2 Å². The summed E-state index contributed by atoms with van der Waals surface area (Å²) < 4.78 is 36.5. The zero-order chi connectivity index (χ0) is 20.3. The minimum atomic E-state index is -3.79. The maximum atomic E-state index is 12.9. The number of carbonyl (C=O) groups is 1. The smallest absolute Gasteiger partial charge is 0.224 e. The second kappa shape index (κ2) is 8.46. The SMILES string of the molecule is COc1ccc(Cl)cc1S(=O)(=O)Cc1cnc2c(c1)C(=O)C[C@@H](CCO)CO2. The monoisotopic (exact) mass is 425 g/mol. The molecule has 7 nitrogen and oxygen atoms in total. The second-order valence-electron chi connectivity index (χ2n) is 6.57. The molecule has 0 fully saturated rings. The average molecular weight is 426 g/mol. The van der Waals surface area contributed by atoms with E-state index in [0.717, 1.165) is 0 Å². The fraction of sp³-hybridized carbons (Fsp3) is 0.368. The molecule has 1 atom stereocenters. The number of carbonyl (C=O) groups excluding carboxylic acids is 1. The first-order valence-electron chi connectivity index (χ1n) is 8.66. The van der Waals surface area contributed by atoms with E-state index in [2.05, 4.69) is 4.98 Å². The Morgan fingerprint density at radius 2 is 2.14 bits per heavy atom.